The van der Waals surface area contributed by atoms with Crippen LogP contribution >= 0.6 is 15.9 Å². The summed E-state index contributed by atoms with van der Waals surface area (Å²) in [6.45, 7) is 0. The highest BCUT2D eigenvalue weighted by atomic mass is 79.9. The molecule has 4 rings (SSSR count). The number of aromatic nitrogens is 5. The smallest absolute Gasteiger partial charge is 0.203 e. The largest absolute Gasteiger partial charge is 0.494 e. The number of nitrogens with zero attached hydrogens (tertiary/aromatic N) is 5. The molecule has 0 bridgehead atoms. The van der Waals surface area contributed by atoms with Crippen LogP contribution in [0.2, 0.25) is 0 Å². The number of hydrogen-bond donors (Lipinski definition) is 0. The van der Waals surface area contributed by atoms with Crippen molar-refractivity contribution in [1.29, 1.82) is 0 Å². The lowest BCUT2D eigenvalue weighted by Crippen LogP contribution is -2.16. The van der Waals surface area contributed by atoms with Crippen LogP contribution in [0.15, 0.2) is 76.6 Å². The fraction of sp³-hybridized carbons (Fsp3) is 0.0952. The monoisotopic (exact) mass is 449 g/mol. The SMILES string of the molecule is COc1cnc(-c2cccc(Cc3nn(-c4cncc(Br)c4)ccc3=O)c2)nc1. The second-order valence-corrected chi connectivity index (χ2v) is 7.17. The molecule has 4 aromatic rings. The maximum Gasteiger partial charge on any atom is 0.203 e. The second kappa shape index (κ2) is 8.32. The number of methoxy groups -OCH3 is 1. The van der Waals surface area contributed by atoms with Crippen LogP contribution in [0.3, 0.4) is 0 Å². The van der Waals surface area contributed by atoms with Gasteiger partial charge in [-0.3, -0.25) is 9.78 Å². The Labute approximate surface area is 175 Å². The van der Waals surface area contributed by atoms with E-state index >= 15 is 0 Å². The zero-order valence-electron chi connectivity index (χ0n) is 15.5. The Hall–Kier alpha value is -3.39. The van der Waals surface area contributed by atoms with Crippen LogP contribution in [0.25, 0.3) is 17.1 Å². The summed E-state index contributed by atoms with van der Waals surface area (Å²) in [7, 11) is 1.57. The molecule has 0 unspecified atom stereocenters. The molecule has 0 aliphatic rings. The van der Waals surface area contributed by atoms with E-state index in [1.165, 1.54) is 6.07 Å². The summed E-state index contributed by atoms with van der Waals surface area (Å²) >= 11 is 3.40. The Morgan fingerprint density at radius 2 is 1.90 bits per heavy atom. The lowest BCUT2D eigenvalue weighted by Gasteiger charge is -2.08. The predicted molar refractivity (Wildman–Crippen MR) is 112 cm³/mol. The number of rotatable bonds is 5. The van der Waals surface area contributed by atoms with Gasteiger partial charge in [0.15, 0.2) is 11.6 Å². The molecule has 0 radical (unpaired) electrons. The number of halogens is 1. The van der Waals surface area contributed by atoms with Crippen molar-refractivity contribution in [3.05, 3.63) is 93.3 Å². The molecule has 144 valence electrons. The minimum atomic E-state index is -0.115. The van der Waals surface area contributed by atoms with E-state index in [1.54, 1.807) is 42.8 Å². The first kappa shape index (κ1) is 18.9. The van der Waals surface area contributed by atoms with Crippen molar-refractivity contribution in [2.45, 2.75) is 6.42 Å². The lowest BCUT2D eigenvalue weighted by molar-refractivity contribution is 0.411. The molecule has 1 aromatic carbocycles. The van der Waals surface area contributed by atoms with Gasteiger partial charge in [-0.2, -0.15) is 5.10 Å². The summed E-state index contributed by atoms with van der Waals surface area (Å²) in [4.78, 5) is 25.1. The van der Waals surface area contributed by atoms with E-state index in [4.69, 9.17) is 4.74 Å². The Balaban J connectivity index is 1.64. The molecule has 0 amide bonds. The second-order valence-electron chi connectivity index (χ2n) is 6.26. The fourth-order valence-corrected chi connectivity index (χ4v) is 3.18. The molecule has 0 aliphatic heterocycles. The molecule has 3 heterocycles. The van der Waals surface area contributed by atoms with Crippen LogP contribution in [0.5, 0.6) is 5.75 Å². The van der Waals surface area contributed by atoms with Crippen molar-refractivity contribution < 1.29 is 4.74 Å². The van der Waals surface area contributed by atoms with Crippen LogP contribution in [-0.2, 0) is 6.42 Å². The number of ether oxygens (including phenoxy) is 1. The third-order valence-electron chi connectivity index (χ3n) is 4.26. The number of pyridine rings is 1. The minimum absolute atomic E-state index is 0.115. The van der Waals surface area contributed by atoms with Gasteiger partial charge in [0.1, 0.15) is 5.69 Å². The van der Waals surface area contributed by atoms with Crippen LogP contribution in [0, 0.1) is 0 Å². The first-order valence-electron chi connectivity index (χ1n) is 8.77. The third kappa shape index (κ3) is 4.38. The Morgan fingerprint density at radius 1 is 1.07 bits per heavy atom. The summed E-state index contributed by atoms with van der Waals surface area (Å²) in [5.74, 6) is 1.19. The van der Waals surface area contributed by atoms with Gasteiger partial charge >= 0.3 is 0 Å². The molecule has 3 aromatic heterocycles. The molecule has 0 atom stereocenters. The first-order valence-corrected chi connectivity index (χ1v) is 9.57. The van der Waals surface area contributed by atoms with Crippen LogP contribution < -0.4 is 10.2 Å². The van der Waals surface area contributed by atoms with Gasteiger partial charge in [-0.15, -0.1) is 0 Å². The van der Waals surface area contributed by atoms with Crippen molar-refractivity contribution in [2.75, 3.05) is 7.11 Å². The molecule has 8 heteroatoms. The van der Waals surface area contributed by atoms with E-state index in [2.05, 4.69) is 36.0 Å². The van der Waals surface area contributed by atoms with Crippen molar-refractivity contribution in [1.82, 2.24) is 24.7 Å². The number of benzene rings is 1. The zero-order chi connectivity index (χ0) is 20.2. The summed E-state index contributed by atoms with van der Waals surface area (Å²) in [6, 6.07) is 11.1. The van der Waals surface area contributed by atoms with Crippen LogP contribution in [0.4, 0.5) is 0 Å². The van der Waals surface area contributed by atoms with Gasteiger partial charge in [-0.25, -0.2) is 14.6 Å². The van der Waals surface area contributed by atoms with E-state index in [1.807, 2.05) is 30.3 Å². The van der Waals surface area contributed by atoms with E-state index in [-0.39, 0.29) is 5.43 Å². The van der Waals surface area contributed by atoms with Crippen LogP contribution in [0.1, 0.15) is 11.3 Å². The lowest BCUT2D eigenvalue weighted by atomic mass is 10.1. The van der Waals surface area contributed by atoms with Gasteiger partial charge in [-0.1, -0.05) is 18.2 Å². The molecule has 0 spiro atoms. The highest BCUT2D eigenvalue weighted by molar-refractivity contribution is 9.10. The Kier molecular flexibility index (Phi) is 5.44. The summed E-state index contributed by atoms with van der Waals surface area (Å²) in [5, 5.41) is 4.50. The van der Waals surface area contributed by atoms with Crippen molar-refractivity contribution in [2.24, 2.45) is 0 Å². The highest BCUT2D eigenvalue weighted by Gasteiger charge is 2.08. The molecule has 0 aliphatic carbocycles. The first-order chi connectivity index (χ1) is 14.1. The van der Waals surface area contributed by atoms with Gasteiger partial charge in [0, 0.05) is 34.9 Å². The maximum atomic E-state index is 12.4. The molecule has 0 fully saturated rings. The average Bonchev–Trinajstić information content (AvgIpc) is 2.75. The average molecular weight is 450 g/mol. The van der Waals surface area contributed by atoms with Gasteiger partial charge in [0.2, 0.25) is 5.43 Å². The van der Waals surface area contributed by atoms with E-state index in [0.717, 1.165) is 21.3 Å². The zero-order valence-corrected chi connectivity index (χ0v) is 17.1. The predicted octanol–water partition coefficient (Wildman–Crippen LogP) is 3.45. The standard InChI is InChI=1S/C21H16BrN5O2/c1-29-18-12-24-21(25-13-18)15-4-2-3-14(7-15)8-19-20(28)5-6-27(26-19)17-9-16(22)10-23-11-17/h2-7,9-13H,8H2,1H3. The quantitative estimate of drug-likeness (QED) is 0.463. The fourth-order valence-electron chi connectivity index (χ4n) is 2.82. The van der Waals surface area contributed by atoms with Gasteiger partial charge in [0.05, 0.1) is 31.4 Å². The molecule has 0 saturated carbocycles. The van der Waals surface area contributed by atoms with E-state index < -0.39 is 0 Å². The number of hydrogen-bond acceptors (Lipinski definition) is 6. The summed E-state index contributed by atoms with van der Waals surface area (Å²) < 4.78 is 7.58. The topological polar surface area (TPSA) is 82.8 Å². The maximum absolute atomic E-state index is 12.4. The molecule has 0 N–H and O–H groups in total. The van der Waals surface area contributed by atoms with Crippen molar-refractivity contribution >= 4 is 15.9 Å². The van der Waals surface area contributed by atoms with Crippen molar-refractivity contribution in [3.63, 3.8) is 0 Å². The Morgan fingerprint density at radius 3 is 2.66 bits per heavy atom. The summed E-state index contributed by atoms with van der Waals surface area (Å²) in [5.41, 5.74) is 2.89. The molecular formula is C21H16BrN5O2. The van der Waals surface area contributed by atoms with Crippen LogP contribution in [-0.4, -0.2) is 31.8 Å². The molecule has 7 nitrogen and oxygen atoms in total. The van der Waals surface area contributed by atoms with Gasteiger partial charge in [-0.05, 0) is 33.6 Å². The third-order valence-corrected chi connectivity index (χ3v) is 4.69. The Bertz CT molecular complexity index is 1210. The van der Waals surface area contributed by atoms with E-state index in [9.17, 15) is 4.79 Å². The molecular weight excluding hydrogens is 434 g/mol. The van der Waals surface area contributed by atoms with Gasteiger partial charge < -0.3 is 4.74 Å². The molecule has 29 heavy (non-hydrogen) atoms. The normalized spacial score (nSPS) is 10.7. The van der Waals surface area contributed by atoms with Gasteiger partial charge in [0.25, 0.3) is 0 Å². The summed E-state index contributed by atoms with van der Waals surface area (Å²) in [6.07, 6.45) is 8.66. The minimum Gasteiger partial charge on any atom is -0.494 e. The van der Waals surface area contributed by atoms with Crippen molar-refractivity contribution in [3.8, 4) is 22.8 Å². The highest BCUT2D eigenvalue weighted by Crippen LogP contribution is 2.19. The van der Waals surface area contributed by atoms with E-state index in [0.29, 0.717) is 23.7 Å². The molecule has 0 saturated heterocycles.